The molecule has 0 atom stereocenters. The van der Waals surface area contributed by atoms with Crippen LogP contribution in [0, 0.1) is 0 Å². The fourth-order valence-electron chi connectivity index (χ4n) is 3.24. The molecule has 34 heavy (non-hydrogen) atoms. The van der Waals surface area contributed by atoms with Gasteiger partial charge in [0.05, 0.1) is 6.42 Å². The minimum atomic E-state index is -4.19. The molecule has 2 amide bonds. The number of nitrogens with two attached hydrogens (primary N) is 1. The van der Waals surface area contributed by atoms with Crippen molar-refractivity contribution < 1.29 is 22.7 Å². The number of carbonyl (C=O) groups excluding carboxylic acids is 2. The van der Waals surface area contributed by atoms with Gasteiger partial charge in [0.15, 0.2) is 0 Å². The van der Waals surface area contributed by atoms with E-state index in [1.165, 1.54) is 24.3 Å². The van der Waals surface area contributed by atoms with Crippen LogP contribution in [-0.4, -0.2) is 26.3 Å². The molecule has 1 fully saturated rings. The van der Waals surface area contributed by atoms with E-state index < -0.39 is 10.0 Å². The number of sulfonamides is 1. The summed E-state index contributed by atoms with van der Waals surface area (Å²) >= 11 is 6.10. The van der Waals surface area contributed by atoms with Crippen molar-refractivity contribution in [3.8, 4) is 11.5 Å². The second-order valence-electron chi connectivity index (χ2n) is 7.90. The fraction of sp³-hybridized carbons (Fsp3) is 0.167. The normalized spacial score (nSPS) is 13.2. The van der Waals surface area contributed by atoms with E-state index in [4.69, 9.17) is 21.5 Å². The number of hydrogen-bond donors (Lipinski definition) is 3. The second-order valence-corrected chi connectivity index (χ2v) is 9.84. The van der Waals surface area contributed by atoms with E-state index in [1.807, 2.05) is 0 Å². The van der Waals surface area contributed by atoms with Crippen LogP contribution < -0.4 is 20.5 Å². The average molecular weight is 500 g/mol. The number of carbonyl (C=O) groups is 2. The molecule has 8 nitrogen and oxygen atoms in total. The van der Waals surface area contributed by atoms with Crippen LogP contribution in [0.4, 0.5) is 5.69 Å². The summed E-state index contributed by atoms with van der Waals surface area (Å²) in [5.74, 6) is -0.372. The third kappa shape index (κ3) is 6.13. The summed E-state index contributed by atoms with van der Waals surface area (Å²) in [7, 11) is -4.19. The van der Waals surface area contributed by atoms with Crippen molar-refractivity contribution in [1.82, 2.24) is 5.32 Å². The molecule has 0 spiro atoms. The smallest absolute Gasteiger partial charge is 0.251 e. The molecule has 0 aromatic heterocycles. The third-order valence-corrected chi connectivity index (χ3v) is 6.38. The van der Waals surface area contributed by atoms with E-state index in [1.54, 1.807) is 42.5 Å². The number of anilines is 1. The highest BCUT2D eigenvalue weighted by molar-refractivity contribution is 7.89. The summed E-state index contributed by atoms with van der Waals surface area (Å²) in [6.07, 6.45) is 1.93. The van der Waals surface area contributed by atoms with Crippen LogP contribution in [0.1, 0.15) is 28.8 Å². The molecule has 176 valence electrons. The van der Waals surface area contributed by atoms with Crippen molar-refractivity contribution in [3.05, 3.63) is 82.9 Å². The molecule has 0 unspecified atom stereocenters. The Kier molecular flexibility index (Phi) is 6.87. The number of benzene rings is 3. The van der Waals surface area contributed by atoms with Crippen molar-refractivity contribution >= 4 is 39.1 Å². The summed E-state index contributed by atoms with van der Waals surface area (Å²) in [4.78, 5) is 24.4. The van der Waals surface area contributed by atoms with Gasteiger partial charge in [-0.3, -0.25) is 9.59 Å². The Hall–Kier alpha value is -3.40. The molecule has 0 radical (unpaired) electrons. The molecular formula is C24H22ClN3O5S. The van der Waals surface area contributed by atoms with Crippen LogP contribution in [-0.2, 0) is 21.2 Å². The maximum Gasteiger partial charge on any atom is 0.251 e. The van der Waals surface area contributed by atoms with Gasteiger partial charge in [0.25, 0.3) is 5.91 Å². The molecule has 3 aromatic rings. The quantitative estimate of drug-likeness (QED) is 0.433. The van der Waals surface area contributed by atoms with Gasteiger partial charge in [0.1, 0.15) is 16.4 Å². The van der Waals surface area contributed by atoms with Gasteiger partial charge >= 0.3 is 0 Å². The number of nitrogens with one attached hydrogen (secondary N) is 2. The minimum absolute atomic E-state index is 0.0122. The van der Waals surface area contributed by atoms with Gasteiger partial charge in [0, 0.05) is 22.3 Å². The minimum Gasteiger partial charge on any atom is -0.456 e. The van der Waals surface area contributed by atoms with Gasteiger partial charge in [0.2, 0.25) is 15.9 Å². The summed E-state index contributed by atoms with van der Waals surface area (Å²) < 4.78 is 30.2. The number of ether oxygens (including phenoxy) is 1. The average Bonchev–Trinajstić information content (AvgIpc) is 3.60. The Labute approximate surface area is 202 Å². The molecular weight excluding hydrogens is 478 g/mol. The van der Waals surface area contributed by atoms with E-state index in [2.05, 4.69) is 10.6 Å². The number of amides is 2. The first-order valence-electron chi connectivity index (χ1n) is 10.5. The van der Waals surface area contributed by atoms with Gasteiger partial charge in [-0.15, -0.1) is 0 Å². The zero-order chi connectivity index (χ0) is 24.3. The first-order chi connectivity index (χ1) is 16.2. The molecule has 0 bridgehead atoms. The van der Waals surface area contributed by atoms with Crippen LogP contribution >= 0.6 is 11.6 Å². The predicted octanol–water partition coefficient (Wildman–Crippen LogP) is 3.85. The third-order valence-electron chi connectivity index (χ3n) is 5.08. The van der Waals surface area contributed by atoms with Crippen LogP contribution in [0.25, 0.3) is 0 Å². The van der Waals surface area contributed by atoms with Gasteiger partial charge < -0.3 is 15.4 Å². The molecule has 10 heteroatoms. The predicted molar refractivity (Wildman–Crippen MR) is 129 cm³/mol. The van der Waals surface area contributed by atoms with Crippen LogP contribution in [0.5, 0.6) is 11.5 Å². The zero-order valence-electron chi connectivity index (χ0n) is 18.0. The number of halogens is 1. The lowest BCUT2D eigenvalue weighted by Gasteiger charge is -2.13. The van der Waals surface area contributed by atoms with E-state index in [0.717, 1.165) is 12.8 Å². The van der Waals surface area contributed by atoms with Crippen molar-refractivity contribution in [2.45, 2.75) is 30.2 Å². The van der Waals surface area contributed by atoms with E-state index >= 15 is 0 Å². The first kappa shape index (κ1) is 23.7. The molecule has 1 aliphatic rings. The molecule has 4 rings (SSSR count). The topological polar surface area (TPSA) is 128 Å². The summed E-state index contributed by atoms with van der Waals surface area (Å²) in [5.41, 5.74) is 1.26. The summed E-state index contributed by atoms with van der Waals surface area (Å²) in [6.45, 7) is 0. The zero-order valence-corrected chi connectivity index (χ0v) is 19.5. The maximum atomic E-state index is 12.4. The molecule has 0 aliphatic heterocycles. The number of rotatable bonds is 8. The SMILES string of the molecule is NS(=O)(=O)c1cc(NC(=O)Cc2ccccc2Cl)ccc1Oc1cccc(C(=O)NC2CC2)c1. The highest BCUT2D eigenvalue weighted by Gasteiger charge is 2.24. The van der Waals surface area contributed by atoms with Crippen molar-refractivity contribution in [2.24, 2.45) is 5.14 Å². The maximum absolute atomic E-state index is 12.4. The second kappa shape index (κ2) is 9.84. The van der Waals surface area contributed by atoms with Gasteiger partial charge in [-0.2, -0.15) is 0 Å². The molecule has 0 saturated heterocycles. The highest BCUT2D eigenvalue weighted by Crippen LogP contribution is 2.31. The Balaban J connectivity index is 1.53. The lowest BCUT2D eigenvalue weighted by molar-refractivity contribution is -0.115. The summed E-state index contributed by atoms with van der Waals surface area (Å²) in [5, 5.41) is 11.4. The Morgan fingerprint density at radius 2 is 1.79 bits per heavy atom. The molecule has 1 saturated carbocycles. The number of primary sulfonamides is 1. The Bertz CT molecular complexity index is 1360. The first-order valence-corrected chi connectivity index (χ1v) is 12.4. The van der Waals surface area contributed by atoms with Gasteiger partial charge in [-0.1, -0.05) is 35.9 Å². The molecule has 1 aliphatic carbocycles. The Morgan fingerprint density at radius 3 is 2.50 bits per heavy atom. The fourth-order valence-corrected chi connectivity index (χ4v) is 4.12. The van der Waals surface area contributed by atoms with Crippen LogP contribution in [0.3, 0.4) is 0 Å². The van der Waals surface area contributed by atoms with Gasteiger partial charge in [-0.25, -0.2) is 13.6 Å². The van der Waals surface area contributed by atoms with Crippen molar-refractivity contribution in [3.63, 3.8) is 0 Å². The van der Waals surface area contributed by atoms with Crippen LogP contribution in [0.2, 0.25) is 5.02 Å². The monoisotopic (exact) mass is 499 g/mol. The van der Waals surface area contributed by atoms with E-state index in [9.17, 15) is 18.0 Å². The van der Waals surface area contributed by atoms with Crippen molar-refractivity contribution in [1.29, 1.82) is 0 Å². The molecule has 0 heterocycles. The molecule has 3 aromatic carbocycles. The lowest BCUT2D eigenvalue weighted by atomic mass is 10.1. The van der Waals surface area contributed by atoms with E-state index in [0.29, 0.717) is 16.1 Å². The standard InChI is InChI=1S/C24H22ClN3O5S/c25-20-7-2-1-4-15(20)13-23(29)27-18-10-11-21(22(14-18)34(26,31)32)33-19-6-3-5-16(12-19)24(30)28-17-8-9-17/h1-7,10-12,14,17H,8-9,13H2,(H,27,29)(H,28,30)(H2,26,31,32). The largest absolute Gasteiger partial charge is 0.456 e. The lowest BCUT2D eigenvalue weighted by Crippen LogP contribution is -2.25. The van der Waals surface area contributed by atoms with E-state index in [-0.39, 0.29) is 46.4 Å². The molecule has 4 N–H and O–H groups in total. The Morgan fingerprint density at radius 1 is 1.03 bits per heavy atom. The summed E-state index contributed by atoms with van der Waals surface area (Å²) in [6, 6.07) is 17.6. The van der Waals surface area contributed by atoms with Crippen molar-refractivity contribution in [2.75, 3.05) is 5.32 Å². The van der Waals surface area contributed by atoms with Gasteiger partial charge in [-0.05, 0) is 60.9 Å². The highest BCUT2D eigenvalue weighted by atomic mass is 35.5. The van der Waals surface area contributed by atoms with Crippen LogP contribution in [0.15, 0.2) is 71.6 Å². The number of hydrogen-bond acceptors (Lipinski definition) is 5.